The lowest BCUT2D eigenvalue weighted by Crippen LogP contribution is -2.49. The molecule has 0 atom stereocenters. The van der Waals surface area contributed by atoms with Crippen molar-refractivity contribution in [3.8, 4) is 5.75 Å². The van der Waals surface area contributed by atoms with E-state index in [-0.39, 0.29) is 18.9 Å². The fourth-order valence-electron chi connectivity index (χ4n) is 3.25. The van der Waals surface area contributed by atoms with Gasteiger partial charge in [-0.3, -0.25) is 14.4 Å². The fourth-order valence-corrected chi connectivity index (χ4v) is 3.25. The van der Waals surface area contributed by atoms with E-state index in [1.165, 1.54) is 5.06 Å². The van der Waals surface area contributed by atoms with Gasteiger partial charge in [0.25, 0.3) is 0 Å². The Morgan fingerprint density at radius 1 is 1.03 bits per heavy atom. The Labute approximate surface area is 171 Å². The van der Waals surface area contributed by atoms with Gasteiger partial charge in [-0.2, -0.15) is 0 Å². The predicted octanol–water partition coefficient (Wildman–Crippen LogP) is 2.32. The number of carbonyl (C=O) groups is 2. The fraction of sp³-hybridized carbons (Fsp3) is 0.364. The zero-order valence-corrected chi connectivity index (χ0v) is 16.7. The van der Waals surface area contributed by atoms with Gasteiger partial charge in [-0.15, -0.1) is 0 Å². The third-order valence-electron chi connectivity index (χ3n) is 4.97. The standard InChI is InChI=1S/C22H27N3O4/c1-28-21-9-7-20(8-10-21)23-13-15-24(16-14-23)22(27)11-12-25(18-26)29-17-19-5-3-2-4-6-19/h2-10,18H,11-17H2,1H3. The molecule has 0 aromatic heterocycles. The Kier molecular flexibility index (Phi) is 7.47. The van der Waals surface area contributed by atoms with Gasteiger partial charge < -0.3 is 14.5 Å². The summed E-state index contributed by atoms with van der Waals surface area (Å²) in [5.41, 5.74) is 2.10. The number of nitrogens with zero attached hydrogens (tertiary/aromatic N) is 3. The van der Waals surface area contributed by atoms with Crippen LogP contribution in [0.3, 0.4) is 0 Å². The molecule has 2 aromatic rings. The topological polar surface area (TPSA) is 62.3 Å². The Bertz CT molecular complexity index is 774. The molecule has 0 spiro atoms. The minimum absolute atomic E-state index is 0.0366. The average Bonchev–Trinajstić information content (AvgIpc) is 2.80. The number of piperazine rings is 1. The molecule has 29 heavy (non-hydrogen) atoms. The molecule has 1 heterocycles. The van der Waals surface area contributed by atoms with Crippen LogP contribution in [0.15, 0.2) is 54.6 Å². The minimum atomic E-state index is 0.0366. The van der Waals surface area contributed by atoms with Crippen LogP contribution in [0.25, 0.3) is 0 Å². The summed E-state index contributed by atoms with van der Waals surface area (Å²) < 4.78 is 5.19. The number of hydroxylamine groups is 2. The molecule has 1 saturated heterocycles. The molecular formula is C22H27N3O4. The Morgan fingerprint density at radius 2 is 1.72 bits per heavy atom. The Morgan fingerprint density at radius 3 is 2.34 bits per heavy atom. The monoisotopic (exact) mass is 397 g/mol. The van der Waals surface area contributed by atoms with E-state index in [1.54, 1.807) is 7.11 Å². The third-order valence-corrected chi connectivity index (χ3v) is 4.97. The van der Waals surface area contributed by atoms with Crippen LogP contribution < -0.4 is 9.64 Å². The molecule has 1 fully saturated rings. The first-order valence-electron chi connectivity index (χ1n) is 9.75. The predicted molar refractivity (Wildman–Crippen MR) is 110 cm³/mol. The molecule has 2 aromatic carbocycles. The van der Waals surface area contributed by atoms with Crippen LogP contribution in [0.1, 0.15) is 12.0 Å². The molecule has 1 aliphatic heterocycles. The van der Waals surface area contributed by atoms with E-state index in [0.29, 0.717) is 26.1 Å². The zero-order valence-electron chi connectivity index (χ0n) is 16.7. The van der Waals surface area contributed by atoms with E-state index in [0.717, 1.165) is 30.1 Å². The van der Waals surface area contributed by atoms with Crippen molar-refractivity contribution in [3.05, 3.63) is 60.2 Å². The van der Waals surface area contributed by atoms with Crippen molar-refractivity contribution in [3.63, 3.8) is 0 Å². The minimum Gasteiger partial charge on any atom is -0.497 e. The maximum atomic E-state index is 12.5. The first-order valence-corrected chi connectivity index (χ1v) is 9.75. The summed E-state index contributed by atoms with van der Waals surface area (Å²) in [6.07, 6.45) is 0.869. The van der Waals surface area contributed by atoms with Gasteiger partial charge in [-0.05, 0) is 29.8 Å². The number of benzene rings is 2. The number of hydrogen-bond acceptors (Lipinski definition) is 5. The van der Waals surface area contributed by atoms with Crippen LogP contribution in [0.4, 0.5) is 5.69 Å². The number of ether oxygens (including phenoxy) is 1. The number of hydrogen-bond donors (Lipinski definition) is 0. The van der Waals surface area contributed by atoms with Crippen LogP contribution in [0.2, 0.25) is 0 Å². The van der Waals surface area contributed by atoms with Crippen LogP contribution in [0, 0.1) is 0 Å². The number of anilines is 1. The second kappa shape index (κ2) is 10.5. The Balaban J connectivity index is 1.41. The van der Waals surface area contributed by atoms with E-state index in [1.807, 2.05) is 59.5 Å². The molecule has 0 radical (unpaired) electrons. The van der Waals surface area contributed by atoms with Gasteiger partial charge in [-0.1, -0.05) is 30.3 Å². The van der Waals surface area contributed by atoms with E-state index in [9.17, 15) is 9.59 Å². The lowest BCUT2D eigenvalue weighted by Gasteiger charge is -2.36. The van der Waals surface area contributed by atoms with Crippen LogP contribution in [0.5, 0.6) is 5.75 Å². The normalized spacial score (nSPS) is 13.8. The highest BCUT2D eigenvalue weighted by Gasteiger charge is 2.21. The molecule has 3 rings (SSSR count). The summed E-state index contributed by atoms with van der Waals surface area (Å²) in [6.45, 7) is 3.43. The summed E-state index contributed by atoms with van der Waals surface area (Å²) in [4.78, 5) is 33.3. The highest BCUT2D eigenvalue weighted by Crippen LogP contribution is 2.20. The quantitative estimate of drug-likeness (QED) is 0.480. The average molecular weight is 397 g/mol. The van der Waals surface area contributed by atoms with Gasteiger partial charge in [0, 0.05) is 38.3 Å². The summed E-state index contributed by atoms with van der Waals surface area (Å²) in [7, 11) is 1.65. The van der Waals surface area contributed by atoms with Crippen molar-refractivity contribution in [1.82, 2.24) is 9.96 Å². The molecule has 0 saturated carbocycles. The number of amides is 2. The van der Waals surface area contributed by atoms with Crippen LogP contribution in [-0.4, -0.2) is 62.1 Å². The lowest BCUT2D eigenvalue weighted by atomic mass is 10.2. The largest absolute Gasteiger partial charge is 0.497 e. The first kappa shape index (κ1) is 20.7. The van der Waals surface area contributed by atoms with Gasteiger partial charge in [-0.25, -0.2) is 5.06 Å². The molecule has 154 valence electrons. The summed E-state index contributed by atoms with van der Waals surface area (Å²) in [5, 5.41) is 1.19. The smallest absolute Gasteiger partial charge is 0.233 e. The molecule has 2 amide bonds. The molecule has 0 unspecified atom stereocenters. The number of methoxy groups -OCH3 is 1. The molecular weight excluding hydrogens is 370 g/mol. The highest BCUT2D eigenvalue weighted by atomic mass is 16.7. The number of rotatable bonds is 9. The van der Waals surface area contributed by atoms with Gasteiger partial charge in [0.15, 0.2) is 0 Å². The summed E-state index contributed by atoms with van der Waals surface area (Å²) >= 11 is 0. The molecule has 0 N–H and O–H groups in total. The zero-order chi connectivity index (χ0) is 20.5. The third kappa shape index (κ3) is 5.96. The summed E-state index contributed by atoms with van der Waals surface area (Å²) in [5.74, 6) is 0.867. The lowest BCUT2D eigenvalue weighted by molar-refractivity contribution is -0.178. The molecule has 0 bridgehead atoms. The van der Waals surface area contributed by atoms with Crippen LogP contribution >= 0.6 is 0 Å². The van der Waals surface area contributed by atoms with Crippen LogP contribution in [-0.2, 0) is 21.0 Å². The van der Waals surface area contributed by atoms with Gasteiger partial charge in [0.05, 0.1) is 13.7 Å². The second-order valence-electron chi connectivity index (χ2n) is 6.82. The van der Waals surface area contributed by atoms with Gasteiger partial charge in [0.1, 0.15) is 12.4 Å². The van der Waals surface area contributed by atoms with Gasteiger partial charge >= 0.3 is 0 Å². The van der Waals surface area contributed by atoms with Crippen molar-refractivity contribution in [1.29, 1.82) is 0 Å². The molecule has 0 aliphatic carbocycles. The van der Waals surface area contributed by atoms with E-state index in [4.69, 9.17) is 9.57 Å². The van der Waals surface area contributed by atoms with Crippen molar-refractivity contribution in [2.24, 2.45) is 0 Å². The molecule has 7 nitrogen and oxygen atoms in total. The maximum absolute atomic E-state index is 12.5. The molecule has 7 heteroatoms. The maximum Gasteiger partial charge on any atom is 0.233 e. The van der Waals surface area contributed by atoms with Gasteiger partial charge in [0.2, 0.25) is 12.3 Å². The number of carbonyl (C=O) groups excluding carboxylic acids is 2. The first-order chi connectivity index (χ1) is 14.2. The SMILES string of the molecule is COc1ccc(N2CCN(C(=O)CCN(C=O)OCc3ccccc3)CC2)cc1. The second-order valence-corrected chi connectivity index (χ2v) is 6.82. The van der Waals surface area contributed by atoms with Crippen molar-refractivity contribution >= 4 is 18.0 Å². The van der Waals surface area contributed by atoms with Crippen molar-refractivity contribution in [2.45, 2.75) is 13.0 Å². The van der Waals surface area contributed by atoms with E-state index >= 15 is 0 Å². The summed E-state index contributed by atoms with van der Waals surface area (Å²) in [6, 6.07) is 17.6. The van der Waals surface area contributed by atoms with Crippen molar-refractivity contribution in [2.75, 3.05) is 44.7 Å². The van der Waals surface area contributed by atoms with E-state index in [2.05, 4.69) is 4.90 Å². The Hall–Kier alpha value is -3.06. The molecule has 1 aliphatic rings. The van der Waals surface area contributed by atoms with E-state index < -0.39 is 0 Å². The van der Waals surface area contributed by atoms with Crippen molar-refractivity contribution < 1.29 is 19.2 Å². The highest BCUT2D eigenvalue weighted by molar-refractivity contribution is 5.77.